The van der Waals surface area contributed by atoms with Gasteiger partial charge in [-0.1, -0.05) is 17.4 Å². The zero-order chi connectivity index (χ0) is 16.9. The van der Waals surface area contributed by atoms with Crippen LogP contribution in [0.2, 0.25) is 0 Å². The third-order valence-electron chi connectivity index (χ3n) is 2.91. The number of aromatic nitrogens is 2. The molecule has 2 heterocycles. The number of hydrogen-bond acceptors (Lipinski definition) is 6. The quantitative estimate of drug-likeness (QED) is 0.731. The van der Waals surface area contributed by atoms with Crippen molar-refractivity contribution in [3.8, 4) is 0 Å². The Morgan fingerprint density at radius 3 is 2.58 bits per heavy atom. The number of amides is 2. The van der Waals surface area contributed by atoms with E-state index in [1.165, 1.54) is 35.6 Å². The molecule has 9 heteroatoms. The fourth-order valence-electron chi connectivity index (χ4n) is 1.79. The Hall–Kier alpha value is -2.65. The van der Waals surface area contributed by atoms with Crippen molar-refractivity contribution in [2.45, 2.75) is 6.54 Å². The highest BCUT2D eigenvalue weighted by Crippen LogP contribution is 2.14. The Morgan fingerprint density at radius 2 is 1.88 bits per heavy atom. The van der Waals surface area contributed by atoms with Gasteiger partial charge in [-0.25, -0.2) is 4.39 Å². The molecule has 0 radical (unpaired) electrons. The summed E-state index contributed by atoms with van der Waals surface area (Å²) < 4.78 is 12.8. The normalized spacial score (nSPS) is 10.4. The maximum Gasteiger partial charge on any atom is 0.286 e. The average molecular weight is 362 g/mol. The van der Waals surface area contributed by atoms with E-state index in [0.717, 1.165) is 11.3 Å². The second-order valence-electron chi connectivity index (χ2n) is 4.62. The summed E-state index contributed by atoms with van der Waals surface area (Å²) in [6, 6.07) is 8.93. The van der Waals surface area contributed by atoms with Gasteiger partial charge >= 0.3 is 0 Å². The summed E-state index contributed by atoms with van der Waals surface area (Å²) >= 11 is 2.43. The molecule has 0 atom stereocenters. The molecule has 0 bridgehead atoms. The minimum absolute atomic E-state index is 0.166. The number of benzene rings is 1. The number of hydrogen-bond donors (Lipinski definition) is 2. The summed E-state index contributed by atoms with van der Waals surface area (Å²) in [7, 11) is 0. The summed E-state index contributed by atoms with van der Waals surface area (Å²) in [5.41, 5.74) is 0.462. The number of halogens is 1. The van der Waals surface area contributed by atoms with Crippen LogP contribution in [0.3, 0.4) is 0 Å². The maximum absolute atomic E-state index is 12.8. The van der Waals surface area contributed by atoms with Crippen molar-refractivity contribution < 1.29 is 14.0 Å². The molecule has 0 aliphatic rings. The van der Waals surface area contributed by atoms with Crippen molar-refractivity contribution in [1.29, 1.82) is 0 Å². The van der Waals surface area contributed by atoms with E-state index >= 15 is 0 Å². The van der Waals surface area contributed by atoms with E-state index in [4.69, 9.17) is 0 Å². The molecule has 1 aromatic carbocycles. The van der Waals surface area contributed by atoms with E-state index in [9.17, 15) is 14.0 Å². The first-order chi connectivity index (χ1) is 11.6. The number of thiophene rings is 1. The van der Waals surface area contributed by atoms with E-state index in [-0.39, 0.29) is 23.3 Å². The summed E-state index contributed by atoms with van der Waals surface area (Å²) in [5.74, 6) is -1.01. The molecule has 24 heavy (non-hydrogen) atoms. The fraction of sp³-hybridized carbons (Fsp3) is 0.0667. The first-order valence-corrected chi connectivity index (χ1v) is 8.52. The predicted octanol–water partition coefficient (Wildman–Crippen LogP) is 2.92. The van der Waals surface area contributed by atoms with Gasteiger partial charge in [-0.3, -0.25) is 9.59 Å². The van der Waals surface area contributed by atoms with Gasteiger partial charge in [0.25, 0.3) is 11.8 Å². The number of anilines is 1. The highest BCUT2D eigenvalue weighted by atomic mass is 32.1. The molecular formula is C15H11FN4O2S2. The first kappa shape index (κ1) is 16.2. The molecule has 0 spiro atoms. The molecule has 2 aromatic heterocycles. The summed E-state index contributed by atoms with van der Waals surface area (Å²) in [6.07, 6.45) is 0. The van der Waals surface area contributed by atoms with Gasteiger partial charge in [-0.2, -0.15) is 0 Å². The minimum atomic E-state index is -0.435. The lowest BCUT2D eigenvalue weighted by molar-refractivity contribution is 0.0954. The van der Waals surface area contributed by atoms with Crippen molar-refractivity contribution >= 4 is 40.2 Å². The lowest BCUT2D eigenvalue weighted by Crippen LogP contribution is -2.21. The molecule has 3 aromatic rings. The van der Waals surface area contributed by atoms with Crippen LogP contribution in [0.1, 0.15) is 24.5 Å². The van der Waals surface area contributed by atoms with E-state index in [1.807, 2.05) is 5.38 Å². The Balaban J connectivity index is 1.57. The maximum atomic E-state index is 12.8. The molecule has 2 N–H and O–H groups in total. The van der Waals surface area contributed by atoms with Crippen LogP contribution in [0.15, 0.2) is 41.8 Å². The zero-order valence-electron chi connectivity index (χ0n) is 12.2. The molecule has 2 amide bonds. The highest BCUT2D eigenvalue weighted by molar-refractivity contribution is 7.13. The first-order valence-electron chi connectivity index (χ1n) is 6.83. The van der Waals surface area contributed by atoms with Crippen molar-refractivity contribution in [2.75, 3.05) is 5.32 Å². The minimum Gasteiger partial charge on any atom is -0.345 e. The zero-order valence-corrected chi connectivity index (χ0v) is 13.8. The Labute approximate surface area is 144 Å². The van der Waals surface area contributed by atoms with Crippen LogP contribution < -0.4 is 10.6 Å². The van der Waals surface area contributed by atoms with Crippen LogP contribution in [0, 0.1) is 5.82 Å². The Morgan fingerprint density at radius 1 is 1.08 bits per heavy atom. The molecule has 3 rings (SSSR count). The molecule has 0 unspecified atom stereocenters. The van der Waals surface area contributed by atoms with E-state index < -0.39 is 5.91 Å². The third-order valence-corrected chi connectivity index (χ3v) is 4.70. The standard InChI is InChI=1S/C15H11FN4O2S2/c16-9-3-5-10(6-4-9)18-14(22)15-20-19-12(24-15)8-17-13(21)11-2-1-7-23-11/h1-7H,8H2,(H,17,21)(H,18,22). The molecule has 0 fully saturated rings. The van der Waals surface area contributed by atoms with Crippen LogP contribution in [0.25, 0.3) is 0 Å². The monoisotopic (exact) mass is 362 g/mol. The molecule has 0 saturated carbocycles. The van der Waals surface area contributed by atoms with Crippen LogP contribution in [-0.4, -0.2) is 22.0 Å². The van der Waals surface area contributed by atoms with Gasteiger partial charge in [-0.15, -0.1) is 21.5 Å². The Kier molecular flexibility index (Phi) is 4.92. The predicted molar refractivity (Wildman–Crippen MR) is 89.8 cm³/mol. The topological polar surface area (TPSA) is 84.0 Å². The van der Waals surface area contributed by atoms with Crippen molar-refractivity contribution in [2.24, 2.45) is 0 Å². The molecule has 6 nitrogen and oxygen atoms in total. The van der Waals surface area contributed by atoms with E-state index in [0.29, 0.717) is 15.6 Å². The fourth-order valence-corrected chi connectivity index (χ4v) is 3.10. The number of carbonyl (C=O) groups is 2. The largest absolute Gasteiger partial charge is 0.345 e. The lowest BCUT2D eigenvalue weighted by atomic mass is 10.3. The smallest absolute Gasteiger partial charge is 0.286 e. The van der Waals surface area contributed by atoms with E-state index in [1.54, 1.807) is 12.1 Å². The van der Waals surface area contributed by atoms with Gasteiger partial charge < -0.3 is 10.6 Å². The molecule has 122 valence electrons. The van der Waals surface area contributed by atoms with Crippen molar-refractivity contribution in [3.05, 3.63) is 62.5 Å². The summed E-state index contributed by atoms with van der Waals surface area (Å²) in [6.45, 7) is 0.193. The summed E-state index contributed by atoms with van der Waals surface area (Å²) in [5, 5.41) is 15.5. The lowest BCUT2D eigenvalue weighted by Gasteiger charge is -2.01. The molecular weight excluding hydrogens is 351 g/mol. The van der Waals surface area contributed by atoms with Crippen LogP contribution >= 0.6 is 22.7 Å². The van der Waals surface area contributed by atoms with Gasteiger partial charge in [0.2, 0.25) is 5.01 Å². The van der Waals surface area contributed by atoms with Crippen LogP contribution in [0.4, 0.5) is 10.1 Å². The van der Waals surface area contributed by atoms with Gasteiger partial charge in [0.05, 0.1) is 11.4 Å². The highest BCUT2D eigenvalue weighted by Gasteiger charge is 2.14. The summed E-state index contributed by atoms with van der Waals surface area (Å²) in [4.78, 5) is 24.5. The number of nitrogens with zero attached hydrogens (tertiary/aromatic N) is 2. The molecule has 0 aliphatic heterocycles. The number of carbonyl (C=O) groups excluding carboxylic acids is 2. The van der Waals surface area contributed by atoms with Gasteiger partial charge in [0.15, 0.2) is 0 Å². The average Bonchev–Trinajstić information content (AvgIpc) is 3.26. The van der Waals surface area contributed by atoms with Gasteiger partial charge in [-0.05, 0) is 35.7 Å². The Bertz CT molecular complexity index is 847. The third kappa shape index (κ3) is 4.00. The second kappa shape index (κ2) is 7.28. The number of rotatable bonds is 5. The van der Waals surface area contributed by atoms with Crippen molar-refractivity contribution in [3.63, 3.8) is 0 Å². The van der Waals surface area contributed by atoms with Gasteiger partial charge in [0.1, 0.15) is 10.8 Å². The van der Waals surface area contributed by atoms with Gasteiger partial charge in [0, 0.05) is 5.69 Å². The number of nitrogens with one attached hydrogen (secondary N) is 2. The SMILES string of the molecule is O=C(NCc1nnc(C(=O)Nc2ccc(F)cc2)s1)c1cccs1. The van der Waals surface area contributed by atoms with Crippen molar-refractivity contribution in [1.82, 2.24) is 15.5 Å². The van der Waals surface area contributed by atoms with Crippen LogP contribution in [0.5, 0.6) is 0 Å². The molecule has 0 aliphatic carbocycles. The second-order valence-corrected chi connectivity index (χ2v) is 6.63. The van der Waals surface area contributed by atoms with Crippen LogP contribution in [-0.2, 0) is 6.54 Å². The molecule has 0 saturated heterocycles. The van der Waals surface area contributed by atoms with E-state index in [2.05, 4.69) is 20.8 Å².